The molecule has 58 heavy (non-hydrogen) atoms. The molecule has 0 spiro atoms. The first kappa shape index (κ1) is 55.3. The number of hydrogen-bond acceptors (Lipinski definition) is 5. The molecule has 0 rings (SSSR count). The third-order valence-corrected chi connectivity index (χ3v) is 10.7. The minimum atomic E-state index is -0.797. The number of hydrogen-bond donors (Lipinski definition) is 3. The second-order valence-corrected chi connectivity index (χ2v) is 16.2. The molecule has 0 aromatic carbocycles. The zero-order valence-corrected chi connectivity index (χ0v) is 37.9. The van der Waals surface area contributed by atoms with Crippen molar-refractivity contribution in [2.75, 3.05) is 6.61 Å². The highest BCUT2D eigenvalue weighted by Crippen LogP contribution is 2.17. The molecule has 6 heteroatoms. The second kappa shape index (κ2) is 45.4. The van der Waals surface area contributed by atoms with E-state index in [0.29, 0.717) is 19.3 Å². The van der Waals surface area contributed by atoms with Gasteiger partial charge < -0.3 is 20.3 Å². The van der Waals surface area contributed by atoms with Crippen molar-refractivity contribution in [3.63, 3.8) is 0 Å². The van der Waals surface area contributed by atoms with Gasteiger partial charge in [0.2, 0.25) is 5.91 Å². The van der Waals surface area contributed by atoms with Gasteiger partial charge in [-0.05, 0) is 64.2 Å². The lowest BCUT2D eigenvalue weighted by Gasteiger charge is -2.24. The maximum absolute atomic E-state index is 13.2. The van der Waals surface area contributed by atoms with Crippen LogP contribution >= 0.6 is 0 Å². The van der Waals surface area contributed by atoms with Gasteiger partial charge in [-0.3, -0.25) is 9.59 Å². The van der Waals surface area contributed by atoms with Gasteiger partial charge in [-0.1, -0.05) is 216 Å². The largest absolute Gasteiger partial charge is 0.462 e. The van der Waals surface area contributed by atoms with Gasteiger partial charge in [0.15, 0.2) is 0 Å². The molecule has 3 N–H and O–H groups in total. The summed E-state index contributed by atoms with van der Waals surface area (Å²) in [6, 6.07) is -0.712. The molecule has 0 saturated heterocycles. The Morgan fingerprint density at radius 1 is 0.517 bits per heavy atom. The highest BCUT2D eigenvalue weighted by molar-refractivity contribution is 5.77. The molecular weight excluding hydrogens is 719 g/mol. The molecule has 0 bridgehead atoms. The van der Waals surface area contributed by atoms with Crippen molar-refractivity contribution in [3.8, 4) is 0 Å². The van der Waals surface area contributed by atoms with E-state index in [1.807, 2.05) is 0 Å². The number of carbonyl (C=O) groups excluding carboxylic acids is 2. The van der Waals surface area contributed by atoms with Crippen molar-refractivity contribution >= 4 is 11.9 Å². The van der Waals surface area contributed by atoms with Gasteiger partial charge >= 0.3 is 5.97 Å². The first-order chi connectivity index (χ1) is 28.5. The van der Waals surface area contributed by atoms with Crippen LogP contribution in [-0.2, 0) is 14.3 Å². The molecule has 0 aromatic rings. The molecule has 3 atom stereocenters. The standard InChI is InChI=1S/C52H91NO5/c1-4-7-10-13-16-19-22-24-25-27-30-33-36-39-42-45-52(57)58-48(43-40-37-34-31-29-26-23-20-17-14-11-8-5-2)46-51(56)53-49(47-54)50(55)44-41-38-35-32-28-21-18-15-12-9-6-3/h7-8,10-11,13-14,16-17,19-20,22-23,48-50,54-55H,4-6,9,12,15,18,21,24-47H2,1-3H3,(H,53,56)/b10-7+,11-8+,16-13+,17-14+,22-19+,23-20+. The summed E-state index contributed by atoms with van der Waals surface area (Å²) in [6.07, 6.45) is 56.7. The Hall–Kier alpha value is -2.70. The summed E-state index contributed by atoms with van der Waals surface area (Å²) < 4.78 is 5.91. The van der Waals surface area contributed by atoms with Crippen molar-refractivity contribution in [1.82, 2.24) is 5.32 Å². The van der Waals surface area contributed by atoms with Crippen LogP contribution in [-0.4, -0.2) is 46.9 Å². The third-order valence-electron chi connectivity index (χ3n) is 10.7. The van der Waals surface area contributed by atoms with Gasteiger partial charge in [-0.15, -0.1) is 0 Å². The quantitative estimate of drug-likeness (QED) is 0.0324. The lowest BCUT2D eigenvalue weighted by Crippen LogP contribution is -2.46. The van der Waals surface area contributed by atoms with Gasteiger partial charge in [0, 0.05) is 6.42 Å². The van der Waals surface area contributed by atoms with Crippen LogP contribution in [0.2, 0.25) is 0 Å². The summed E-state index contributed by atoms with van der Waals surface area (Å²) in [7, 11) is 0. The monoisotopic (exact) mass is 810 g/mol. The second-order valence-electron chi connectivity index (χ2n) is 16.2. The average molecular weight is 810 g/mol. The maximum atomic E-state index is 13.2. The Labute approximate surface area is 358 Å². The molecule has 0 heterocycles. The molecule has 0 aliphatic heterocycles. The number of unbranched alkanes of at least 4 members (excludes halogenated alkanes) is 22. The van der Waals surface area contributed by atoms with Crippen LogP contribution in [0, 0.1) is 0 Å². The van der Waals surface area contributed by atoms with Gasteiger partial charge in [-0.25, -0.2) is 0 Å². The molecule has 0 saturated carbocycles. The van der Waals surface area contributed by atoms with E-state index in [2.05, 4.69) is 99.0 Å². The molecular formula is C52H91NO5. The number of rotatable bonds is 42. The van der Waals surface area contributed by atoms with E-state index in [0.717, 1.165) is 96.3 Å². The van der Waals surface area contributed by atoms with E-state index < -0.39 is 18.2 Å². The van der Waals surface area contributed by atoms with Crippen molar-refractivity contribution < 1.29 is 24.5 Å². The van der Waals surface area contributed by atoms with E-state index in [4.69, 9.17) is 4.74 Å². The van der Waals surface area contributed by atoms with Crippen LogP contribution in [0.4, 0.5) is 0 Å². The van der Waals surface area contributed by atoms with Crippen LogP contribution in [0.25, 0.3) is 0 Å². The average Bonchev–Trinajstić information content (AvgIpc) is 3.22. The lowest BCUT2D eigenvalue weighted by atomic mass is 10.0. The van der Waals surface area contributed by atoms with Gasteiger partial charge in [-0.2, -0.15) is 0 Å². The minimum absolute atomic E-state index is 0.0561. The number of nitrogens with one attached hydrogen (secondary N) is 1. The maximum Gasteiger partial charge on any atom is 0.306 e. The fraction of sp³-hybridized carbons (Fsp3) is 0.731. The van der Waals surface area contributed by atoms with Crippen LogP contribution in [0.1, 0.15) is 220 Å². The molecule has 334 valence electrons. The Morgan fingerprint density at radius 3 is 1.40 bits per heavy atom. The number of allylic oxidation sites excluding steroid dienone is 12. The fourth-order valence-electron chi connectivity index (χ4n) is 7.02. The zero-order valence-electron chi connectivity index (χ0n) is 37.9. The smallest absolute Gasteiger partial charge is 0.306 e. The van der Waals surface area contributed by atoms with E-state index in [1.54, 1.807) is 0 Å². The molecule has 6 nitrogen and oxygen atoms in total. The summed E-state index contributed by atoms with van der Waals surface area (Å²) in [4.78, 5) is 26.1. The van der Waals surface area contributed by atoms with Gasteiger partial charge in [0.1, 0.15) is 6.10 Å². The first-order valence-electron chi connectivity index (χ1n) is 24.2. The number of amides is 1. The predicted octanol–water partition coefficient (Wildman–Crippen LogP) is 14.2. The van der Waals surface area contributed by atoms with Crippen molar-refractivity contribution in [3.05, 3.63) is 72.9 Å². The van der Waals surface area contributed by atoms with Crippen molar-refractivity contribution in [1.29, 1.82) is 0 Å². The number of aliphatic hydroxyl groups is 2. The first-order valence-corrected chi connectivity index (χ1v) is 24.2. The summed E-state index contributed by atoms with van der Waals surface area (Å²) in [5.41, 5.74) is 0. The van der Waals surface area contributed by atoms with Crippen molar-refractivity contribution in [2.45, 2.75) is 238 Å². The zero-order chi connectivity index (χ0) is 42.4. The number of ether oxygens (including phenoxy) is 1. The topological polar surface area (TPSA) is 95.9 Å². The molecule has 0 aliphatic carbocycles. The summed E-state index contributed by atoms with van der Waals surface area (Å²) in [6.45, 7) is 6.20. The molecule has 0 radical (unpaired) electrons. The highest BCUT2D eigenvalue weighted by Gasteiger charge is 2.24. The molecule has 0 aliphatic rings. The SMILES string of the molecule is CC/C=C/C=C/C=C/CCCCCCCCCC(=O)OC(CCCCCCC/C=C/C=C/C=C/CC)CC(=O)NC(CO)C(O)CCCCCCCCCCCCC. The molecule has 0 fully saturated rings. The van der Waals surface area contributed by atoms with Crippen molar-refractivity contribution in [2.24, 2.45) is 0 Å². The number of aliphatic hydroxyl groups excluding tert-OH is 2. The Morgan fingerprint density at radius 2 is 0.931 bits per heavy atom. The number of esters is 1. The summed E-state index contributed by atoms with van der Waals surface area (Å²) >= 11 is 0. The Bertz CT molecular complexity index is 1090. The van der Waals surface area contributed by atoms with Gasteiger partial charge in [0.05, 0.1) is 25.2 Å². The molecule has 3 unspecified atom stereocenters. The third kappa shape index (κ3) is 40.1. The molecule has 1 amide bonds. The van der Waals surface area contributed by atoms with E-state index in [9.17, 15) is 19.8 Å². The van der Waals surface area contributed by atoms with Crippen LogP contribution in [0.15, 0.2) is 72.9 Å². The van der Waals surface area contributed by atoms with E-state index >= 15 is 0 Å². The van der Waals surface area contributed by atoms with E-state index in [1.165, 1.54) is 77.0 Å². The van der Waals surface area contributed by atoms with Crippen LogP contribution in [0.3, 0.4) is 0 Å². The van der Waals surface area contributed by atoms with Crippen LogP contribution in [0.5, 0.6) is 0 Å². The highest BCUT2D eigenvalue weighted by atomic mass is 16.5. The number of carbonyl (C=O) groups is 2. The normalized spacial score (nSPS) is 13.9. The van der Waals surface area contributed by atoms with E-state index in [-0.39, 0.29) is 24.9 Å². The Balaban J connectivity index is 4.64. The molecule has 0 aromatic heterocycles. The van der Waals surface area contributed by atoms with Crippen LogP contribution < -0.4 is 5.32 Å². The van der Waals surface area contributed by atoms with Gasteiger partial charge in [0.25, 0.3) is 0 Å². The summed E-state index contributed by atoms with van der Waals surface area (Å²) in [5.74, 6) is -0.512. The summed E-state index contributed by atoms with van der Waals surface area (Å²) in [5, 5.41) is 23.7. The lowest BCUT2D eigenvalue weighted by molar-refractivity contribution is -0.151. The fourth-order valence-corrected chi connectivity index (χ4v) is 7.02. The Kier molecular flexibility index (Phi) is 43.3. The predicted molar refractivity (Wildman–Crippen MR) is 250 cm³/mol. The minimum Gasteiger partial charge on any atom is -0.462 e.